The van der Waals surface area contributed by atoms with E-state index in [-0.39, 0.29) is 17.8 Å². The van der Waals surface area contributed by atoms with Gasteiger partial charge in [0.1, 0.15) is 18.0 Å². The van der Waals surface area contributed by atoms with Crippen LogP contribution in [0, 0.1) is 5.82 Å². The summed E-state index contributed by atoms with van der Waals surface area (Å²) in [4.78, 5) is 29.3. The molecule has 1 aliphatic carbocycles. The van der Waals surface area contributed by atoms with Gasteiger partial charge in [0.2, 0.25) is 5.91 Å². The van der Waals surface area contributed by atoms with Crippen LogP contribution < -0.4 is 4.90 Å². The number of anilines is 1. The van der Waals surface area contributed by atoms with Crippen molar-refractivity contribution in [2.45, 2.75) is 50.5 Å². The third-order valence-electron chi connectivity index (χ3n) is 7.79. The van der Waals surface area contributed by atoms with E-state index < -0.39 is 5.92 Å². The Morgan fingerprint density at radius 3 is 2.60 bits per heavy atom. The molecule has 3 heterocycles. The molecule has 5 rings (SSSR count). The highest BCUT2D eigenvalue weighted by Crippen LogP contribution is 2.37. The molecule has 2 aromatic rings. The van der Waals surface area contributed by atoms with Crippen LogP contribution in [0.2, 0.25) is 0 Å². The Kier molecular flexibility index (Phi) is 7.37. The molecule has 1 aromatic carbocycles. The normalized spacial score (nSPS) is 22.3. The SMILES string of the molecule is CC1CCc2ncnc(N3CCN(C(=O)[C@@H](CN4CCC(O)CC4)c4ccc(Br)c(F)c4)CC3)c21. The highest BCUT2D eigenvalue weighted by atomic mass is 79.9. The standard InChI is InChI=1S/C26H33BrFN5O2/c1-17-2-5-23-24(17)25(30-16-29-23)32-10-12-33(13-11-32)26(35)20(15-31-8-6-19(34)7-9-31)18-3-4-21(27)22(28)14-18/h3-4,14,16-17,19-20,34H,2,5-13,15H2,1H3/t17?,20-/m0/s1. The van der Waals surface area contributed by atoms with Crippen molar-refractivity contribution in [2.24, 2.45) is 0 Å². The second-order valence-electron chi connectivity index (χ2n) is 10.1. The first-order chi connectivity index (χ1) is 16.9. The Bertz CT molecular complexity index is 1070. The van der Waals surface area contributed by atoms with Gasteiger partial charge in [-0.15, -0.1) is 0 Å². The van der Waals surface area contributed by atoms with Crippen LogP contribution in [0.4, 0.5) is 10.2 Å². The van der Waals surface area contributed by atoms with Crippen molar-refractivity contribution >= 4 is 27.7 Å². The lowest BCUT2D eigenvalue weighted by molar-refractivity contribution is -0.133. The number of hydrogen-bond donors (Lipinski definition) is 1. The van der Waals surface area contributed by atoms with Crippen LogP contribution in [-0.4, -0.2) is 82.7 Å². The van der Waals surface area contributed by atoms with E-state index in [1.54, 1.807) is 12.4 Å². The van der Waals surface area contributed by atoms with Crippen molar-refractivity contribution in [3.8, 4) is 0 Å². The van der Waals surface area contributed by atoms with Gasteiger partial charge < -0.3 is 19.8 Å². The van der Waals surface area contributed by atoms with Gasteiger partial charge in [0.15, 0.2) is 0 Å². The van der Waals surface area contributed by atoms with Gasteiger partial charge in [-0.1, -0.05) is 13.0 Å². The van der Waals surface area contributed by atoms with E-state index in [4.69, 9.17) is 0 Å². The van der Waals surface area contributed by atoms with Crippen molar-refractivity contribution in [2.75, 3.05) is 50.7 Å². The molecule has 9 heteroatoms. The Morgan fingerprint density at radius 1 is 1.14 bits per heavy atom. The Labute approximate surface area is 214 Å². The molecular formula is C26H33BrFN5O2. The van der Waals surface area contributed by atoms with Gasteiger partial charge in [0.25, 0.3) is 0 Å². The lowest BCUT2D eigenvalue weighted by Gasteiger charge is -2.39. The number of rotatable bonds is 5. The molecule has 0 radical (unpaired) electrons. The number of halogens is 2. The summed E-state index contributed by atoms with van der Waals surface area (Å²) >= 11 is 3.23. The monoisotopic (exact) mass is 545 g/mol. The van der Waals surface area contributed by atoms with Crippen LogP contribution in [0.3, 0.4) is 0 Å². The summed E-state index contributed by atoms with van der Waals surface area (Å²) in [5, 5.41) is 9.88. The van der Waals surface area contributed by atoms with Gasteiger partial charge in [0, 0.05) is 57.1 Å². The summed E-state index contributed by atoms with van der Waals surface area (Å²) in [5.41, 5.74) is 3.12. The number of carbonyl (C=O) groups excluding carboxylic acids is 1. The molecule has 0 spiro atoms. The third kappa shape index (κ3) is 5.22. The smallest absolute Gasteiger partial charge is 0.231 e. The number of nitrogens with zero attached hydrogens (tertiary/aromatic N) is 5. The minimum Gasteiger partial charge on any atom is -0.393 e. The number of piperidine rings is 1. The van der Waals surface area contributed by atoms with Crippen molar-refractivity contribution in [3.05, 3.63) is 51.6 Å². The molecule has 1 unspecified atom stereocenters. The zero-order chi connectivity index (χ0) is 24.5. The van der Waals surface area contributed by atoms with Crippen LogP contribution in [0.5, 0.6) is 0 Å². The maximum Gasteiger partial charge on any atom is 0.231 e. The van der Waals surface area contributed by atoms with Crippen LogP contribution in [0.1, 0.15) is 54.8 Å². The summed E-state index contributed by atoms with van der Waals surface area (Å²) in [7, 11) is 0. The average molecular weight is 546 g/mol. The molecule has 2 aliphatic heterocycles. The maximum atomic E-state index is 14.4. The zero-order valence-electron chi connectivity index (χ0n) is 20.2. The van der Waals surface area contributed by atoms with Crippen LogP contribution in [0.15, 0.2) is 29.0 Å². The fraction of sp³-hybridized carbons (Fsp3) is 0.577. The lowest BCUT2D eigenvalue weighted by atomic mass is 9.95. The number of aliphatic hydroxyl groups is 1. The highest BCUT2D eigenvalue weighted by Gasteiger charge is 2.33. The van der Waals surface area contributed by atoms with Gasteiger partial charge in [0.05, 0.1) is 16.5 Å². The van der Waals surface area contributed by atoms with Crippen molar-refractivity contribution in [3.63, 3.8) is 0 Å². The number of likely N-dealkylation sites (tertiary alicyclic amines) is 1. The van der Waals surface area contributed by atoms with E-state index in [9.17, 15) is 14.3 Å². The minimum absolute atomic E-state index is 0.0405. The number of aromatic nitrogens is 2. The number of piperazine rings is 1. The Morgan fingerprint density at radius 2 is 1.89 bits per heavy atom. The number of aryl methyl sites for hydroxylation is 1. The summed E-state index contributed by atoms with van der Waals surface area (Å²) in [6, 6.07) is 5.00. The molecule has 2 fully saturated rings. The van der Waals surface area contributed by atoms with Gasteiger partial charge in [-0.25, -0.2) is 14.4 Å². The van der Waals surface area contributed by atoms with E-state index in [2.05, 4.69) is 42.6 Å². The number of benzene rings is 1. The summed E-state index contributed by atoms with van der Waals surface area (Å²) < 4.78 is 14.8. The topological polar surface area (TPSA) is 72.8 Å². The predicted molar refractivity (Wildman–Crippen MR) is 136 cm³/mol. The van der Waals surface area contributed by atoms with Crippen LogP contribution in [-0.2, 0) is 11.2 Å². The quantitative estimate of drug-likeness (QED) is 0.621. The first-order valence-electron chi connectivity index (χ1n) is 12.6. The Hall–Kier alpha value is -2.10. The second kappa shape index (κ2) is 10.5. The molecule has 7 nitrogen and oxygen atoms in total. The first-order valence-corrected chi connectivity index (χ1v) is 13.4. The third-order valence-corrected chi connectivity index (χ3v) is 8.43. The summed E-state index contributed by atoms with van der Waals surface area (Å²) in [6.45, 7) is 6.92. The average Bonchev–Trinajstić information content (AvgIpc) is 3.26. The highest BCUT2D eigenvalue weighted by molar-refractivity contribution is 9.10. The van der Waals surface area contributed by atoms with E-state index in [0.29, 0.717) is 48.4 Å². The molecular weight excluding hydrogens is 513 g/mol. The van der Waals surface area contributed by atoms with E-state index >= 15 is 0 Å². The molecule has 188 valence electrons. The van der Waals surface area contributed by atoms with Crippen LogP contribution >= 0.6 is 15.9 Å². The maximum absolute atomic E-state index is 14.4. The van der Waals surface area contributed by atoms with Gasteiger partial charge in [-0.2, -0.15) is 0 Å². The fourth-order valence-electron chi connectivity index (χ4n) is 5.65. The molecule has 0 bridgehead atoms. The summed E-state index contributed by atoms with van der Waals surface area (Å²) in [5.74, 6) is 0.721. The Balaban J connectivity index is 1.31. The van der Waals surface area contributed by atoms with E-state index in [1.807, 2.05) is 11.0 Å². The molecule has 1 N–H and O–H groups in total. The number of carbonyl (C=O) groups is 1. The van der Waals surface area contributed by atoms with Gasteiger partial charge >= 0.3 is 0 Å². The lowest BCUT2D eigenvalue weighted by Crippen LogP contribution is -2.52. The fourth-order valence-corrected chi connectivity index (χ4v) is 5.90. The second-order valence-corrected chi connectivity index (χ2v) is 10.9. The molecule has 35 heavy (non-hydrogen) atoms. The van der Waals surface area contributed by atoms with E-state index in [0.717, 1.165) is 50.5 Å². The molecule has 1 amide bonds. The summed E-state index contributed by atoms with van der Waals surface area (Å²) in [6.07, 6.45) is 4.91. The number of fused-ring (bicyclic) bond motifs is 1. The van der Waals surface area contributed by atoms with Gasteiger partial charge in [-0.05, 0) is 65.2 Å². The number of hydrogen-bond acceptors (Lipinski definition) is 6. The molecule has 0 saturated carbocycles. The van der Waals surface area contributed by atoms with Crippen molar-refractivity contribution in [1.82, 2.24) is 19.8 Å². The van der Waals surface area contributed by atoms with E-state index in [1.165, 1.54) is 11.6 Å². The molecule has 3 aliphatic rings. The zero-order valence-corrected chi connectivity index (χ0v) is 21.8. The molecule has 2 atom stereocenters. The molecule has 2 saturated heterocycles. The first kappa shape index (κ1) is 24.6. The predicted octanol–water partition coefficient (Wildman–Crippen LogP) is 3.32. The van der Waals surface area contributed by atoms with Crippen molar-refractivity contribution in [1.29, 1.82) is 0 Å². The molecule has 1 aromatic heterocycles. The largest absolute Gasteiger partial charge is 0.393 e. The number of amides is 1. The number of aliphatic hydroxyl groups excluding tert-OH is 1. The van der Waals surface area contributed by atoms with Crippen LogP contribution in [0.25, 0.3) is 0 Å². The minimum atomic E-state index is -0.442. The van der Waals surface area contributed by atoms with Crippen molar-refractivity contribution < 1.29 is 14.3 Å². The van der Waals surface area contributed by atoms with Gasteiger partial charge in [-0.3, -0.25) is 4.79 Å².